The van der Waals surface area contributed by atoms with E-state index in [4.69, 9.17) is 0 Å². The summed E-state index contributed by atoms with van der Waals surface area (Å²) in [7, 11) is 0. The van der Waals surface area contributed by atoms with E-state index in [-0.39, 0.29) is 18.0 Å². The number of nitrogens with zero attached hydrogens (tertiary/aromatic N) is 2. The van der Waals surface area contributed by atoms with Crippen molar-refractivity contribution in [2.75, 3.05) is 19.6 Å². The third-order valence-corrected chi connectivity index (χ3v) is 5.57. The first-order valence-electron chi connectivity index (χ1n) is 10.5. The van der Waals surface area contributed by atoms with E-state index in [1.54, 1.807) is 11.0 Å². The van der Waals surface area contributed by atoms with Crippen molar-refractivity contribution in [3.63, 3.8) is 0 Å². The first-order valence-corrected chi connectivity index (χ1v) is 10.5. The van der Waals surface area contributed by atoms with Gasteiger partial charge < -0.3 is 10.2 Å². The van der Waals surface area contributed by atoms with Gasteiger partial charge in [0, 0.05) is 36.6 Å². The molecule has 6 nitrogen and oxygen atoms in total. The van der Waals surface area contributed by atoms with Crippen molar-refractivity contribution in [2.45, 2.75) is 25.9 Å². The maximum atomic E-state index is 12.3. The molecule has 0 radical (unpaired) electrons. The quantitative estimate of drug-likeness (QED) is 0.580. The fraction of sp³-hybridized carbons (Fsp3) is 0.292. The Labute approximate surface area is 176 Å². The van der Waals surface area contributed by atoms with Crippen LogP contribution < -0.4 is 15.8 Å². The molecule has 1 amide bonds. The third kappa shape index (κ3) is 5.02. The van der Waals surface area contributed by atoms with Gasteiger partial charge in [-0.05, 0) is 11.6 Å². The van der Waals surface area contributed by atoms with Crippen LogP contribution in [0.5, 0.6) is 0 Å². The Bertz CT molecular complexity index is 1060. The Hall–Kier alpha value is -3.25. The van der Waals surface area contributed by atoms with E-state index >= 15 is 0 Å². The van der Waals surface area contributed by atoms with Crippen LogP contribution in [0.25, 0.3) is 11.3 Å². The lowest BCUT2D eigenvalue weighted by Gasteiger charge is -2.25. The van der Waals surface area contributed by atoms with Crippen LogP contribution in [-0.2, 0) is 24.3 Å². The molecule has 0 aliphatic carbocycles. The van der Waals surface area contributed by atoms with Crippen molar-refractivity contribution in [2.24, 2.45) is 0 Å². The van der Waals surface area contributed by atoms with E-state index in [2.05, 4.69) is 34.7 Å². The van der Waals surface area contributed by atoms with Gasteiger partial charge in [0.1, 0.15) is 13.1 Å². The van der Waals surface area contributed by atoms with Crippen LogP contribution in [0.2, 0.25) is 0 Å². The molecule has 30 heavy (non-hydrogen) atoms. The second kappa shape index (κ2) is 9.50. The number of carbonyl (C=O) groups is 1. The number of fused-ring (bicyclic) bond motifs is 1. The van der Waals surface area contributed by atoms with Crippen molar-refractivity contribution < 1.29 is 9.69 Å². The molecule has 2 aromatic carbocycles. The van der Waals surface area contributed by atoms with Gasteiger partial charge in [-0.15, -0.1) is 0 Å². The van der Waals surface area contributed by atoms with Crippen LogP contribution >= 0.6 is 0 Å². The normalized spacial score (nSPS) is 15.4. The molecule has 1 aliphatic heterocycles. The number of carbonyl (C=O) groups excluding carboxylic acids is 1. The smallest absolute Gasteiger partial charge is 0.267 e. The number of nitrogens with one attached hydrogen (secondary N) is 2. The van der Waals surface area contributed by atoms with E-state index in [1.165, 1.54) is 21.9 Å². The minimum atomic E-state index is -0.277. The standard InChI is InChI=1S/C24H26N4O2/c29-23(18-28-24(30)12-11-22(26-28)20-8-2-1-3-9-20)25-14-6-15-27-16-13-19-7-4-5-10-21(19)17-27/h1-5,7-12H,6,13-18H2,(H,25,29)/p+1. The molecular weight excluding hydrogens is 376 g/mol. The maximum absolute atomic E-state index is 12.3. The van der Waals surface area contributed by atoms with E-state index in [9.17, 15) is 9.59 Å². The highest BCUT2D eigenvalue weighted by Crippen LogP contribution is 2.14. The Kier molecular flexibility index (Phi) is 6.35. The summed E-state index contributed by atoms with van der Waals surface area (Å²) in [6.07, 6.45) is 2.03. The van der Waals surface area contributed by atoms with Crippen LogP contribution in [0.4, 0.5) is 0 Å². The summed E-state index contributed by atoms with van der Waals surface area (Å²) in [5.41, 5.74) is 4.22. The second-order valence-corrected chi connectivity index (χ2v) is 7.73. The van der Waals surface area contributed by atoms with Crippen LogP contribution in [0.1, 0.15) is 17.5 Å². The van der Waals surface area contributed by atoms with Crippen LogP contribution in [-0.4, -0.2) is 35.3 Å². The fourth-order valence-electron chi connectivity index (χ4n) is 3.94. The summed E-state index contributed by atoms with van der Waals surface area (Å²) < 4.78 is 1.23. The van der Waals surface area contributed by atoms with Gasteiger partial charge in [-0.25, -0.2) is 4.68 Å². The molecule has 4 rings (SSSR count). The highest BCUT2D eigenvalue weighted by Gasteiger charge is 2.18. The summed E-state index contributed by atoms with van der Waals surface area (Å²) >= 11 is 0. The van der Waals surface area contributed by atoms with Crippen LogP contribution in [0.15, 0.2) is 71.5 Å². The molecule has 0 spiro atoms. The van der Waals surface area contributed by atoms with Gasteiger partial charge in [-0.2, -0.15) is 5.10 Å². The maximum Gasteiger partial charge on any atom is 0.267 e. The molecule has 1 aromatic heterocycles. The number of benzene rings is 2. The average Bonchev–Trinajstić information content (AvgIpc) is 2.79. The van der Waals surface area contributed by atoms with Gasteiger partial charge in [0.25, 0.3) is 5.56 Å². The molecule has 1 atom stereocenters. The topological polar surface area (TPSA) is 68.4 Å². The van der Waals surface area contributed by atoms with Crippen molar-refractivity contribution in [3.05, 3.63) is 88.2 Å². The number of hydrogen-bond acceptors (Lipinski definition) is 3. The molecule has 1 unspecified atom stereocenters. The van der Waals surface area contributed by atoms with Crippen molar-refractivity contribution in [3.8, 4) is 11.3 Å². The summed E-state index contributed by atoms with van der Waals surface area (Å²) in [5.74, 6) is -0.186. The number of amides is 1. The first kappa shape index (κ1) is 20.0. The lowest BCUT2D eigenvalue weighted by molar-refractivity contribution is -0.916. The van der Waals surface area contributed by atoms with E-state index < -0.39 is 0 Å². The van der Waals surface area contributed by atoms with Gasteiger partial charge in [0.05, 0.1) is 18.8 Å². The Balaban J connectivity index is 1.25. The molecule has 0 fully saturated rings. The molecule has 0 bridgehead atoms. The van der Waals surface area contributed by atoms with E-state index in [0.717, 1.165) is 38.0 Å². The molecule has 2 heterocycles. The SMILES string of the molecule is O=C(Cn1nc(-c2ccccc2)ccc1=O)NCCC[NH+]1CCc2ccccc2C1. The van der Waals surface area contributed by atoms with Gasteiger partial charge in [-0.3, -0.25) is 9.59 Å². The first-order chi connectivity index (χ1) is 14.7. The highest BCUT2D eigenvalue weighted by atomic mass is 16.2. The van der Waals surface area contributed by atoms with Gasteiger partial charge in [0.15, 0.2) is 0 Å². The lowest BCUT2D eigenvalue weighted by Crippen LogP contribution is -3.11. The minimum absolute atomic E-state index is 0.0660. The van der Waals surface area contributed by atoms with Crippen molar-refractivity contribution >= 4 is 5.91 Å². The molecular formula is C24H27N4O2+. The van der Waals surface area contributed by atoms with Gasteiger partial charge >= 0.3 is 0 Å². The highest BCUT2D eigenvalue weighted by molar-refractivity contribution is 5.75. The monoisotopic (exact) mass is 403 g/mol. The minimum Gasteiger partial charge on any atom is -0.354 e. The largest absolute Gasteiger partial charge is 0.354 e. The average molecular weight is 404 g/mol. The van der Waals surface area contributed by atoms with Crippen molar-refractivity contribution in [1.29, 1.82) is 0 Å². The Morgan fingerprint density at radius 1 is 1.00 bits per heavy atom. The lowest BCUT2D eigenvalue weighted by atomic mass is 10.00. The number of quaternary nitrogens is 1. The third-order valence-electron chi connectivity index (χ3n) is 5.57. The zero-order valence-corrected chi connectivity index (χ0v) is 17.0. The van der Waals surface area contributed by atoms with Crippen molar-refractivity contribution in [1.82, 2.24) is 15.1 Å². The van der Waals surface area contributed by atoms with Gasteiger partial charge in [0.2, 0.25) is 5.91 Å². The van der Waals surface area contributed by atoms with Crippen LogP contribution in [0.3, 0.4) is 0 Å². The fourth-order valence-corrected chi connectivity index (χ4v) is 3.94. The summed E-state index contributed by atoms with van der Waals surface area (Å²) in [6.45, 7) is 3.75. The Morgan fingerprint density at radius 2 is 1.77 bits per heavy atom. The predicted molar refractivity (Wildman–Crippen MR) is 116 cm³/mol. The molecule has 1 aliphatic rings. The molecule has 3 aromatic rings. The molecule has 2 N–H and O–H groups in total. The molecule has 0 saturated carbocycles. The zero-order valence-electron chi connectivity index (χ0n) is 17.0. The summed E-state index contributed by atoms with van der Waals surface area (Å²) in [6, 6.07) is 21.4. The number of rotatable bonds is 7. The number of aromatic nitrogens is 2. The Morgan fingerprint density at radius 3 is 2.60 bits per heavy atom. The summed E-state index contributed by atoms with van der Waals surface area (Å²) in [5, 5.41) is 7.27. The zero-order chi connectivity index (χ0) is 20.8. The van der Waals surface area contributed by atoms with E-state index in [0.29, 0.717) is 12.2 Å². The number of hydrogen-bond donors (Lipinski definition) is 2. The predicted octanol–water partition coefficient (Wildman–Crippen LogP) is 1.06. The molecule has 0 saturated heterocycles. The molecule has 6 heteroatoms. The summed E-state index contributed by atoms with van der Waals surface area (Å²) in [4.78, 5) is 26.0. The molecule has 154 valence electrons. The second-order valence-electron chi connectivity index (χ2n) is 7.73. The van der Waals surface area contributed by atoms with Crippen LogP contribution in [0, 0.1) is 0 Å². The van der Waals surface area contributed by atoms with Gasteiger partial charge in [-0.1, -0.05) is 54.6 Å². The van der Waals surface area contributed by atoms with E-state index in [1.807, 2.05) is 30.3 Å².